The fourth-order valence-electron chi connectivity index (χ4n) is 2.59. The van der Waals surface area contributed by atoms with E-state index in [1.165, 1.54) is 12.1 Å². The first-order chi connectivity index (χ1) is 11.2. The van der Waals surface area contributed by atoms with Gasteiger partial charge in [-0.2, -0.15) is 5.10 Å². The molecule has 7 heteroatoms. The average Bonchev–Trinajstić information content (AvgIpc) is 3.01. The molecule has 0 saturated heterocycles. The van der Waals surface area contributed by atoms with Gasteiger partial charge in [-0.1, -0.05) is 6.07 Å². The molecule has 1 aromatic carbocycles. The van der Waals surface area contributed by atoms with Gasteiger partial charge < -0.3 is 20.5 Å². The molecule has 3 N–H and O–H groups in total. The summed E-state index contributed by atoms with van der Waals surface area (Å²) in [6.07, 6.45) is 1.14. The van der Waals surface area contributed by atoms with E-state index in [0.717, 1.165) is 25.5 Å². The van der Waals surface area contributed by atoms with E-state index in [4.69, 9.17) is 4.74 Å². The molecule has 2 atom stereocenters. The molecule has 0 radical (unpaired) electrons. The zero-order chi connectivity index (χ0) is 16.1. The Morgan fingerprint density at radius 3 is 3.26 bits per heavy atom. The van der Waals surface area contributed by atoms with E-state index >= 15 is 0 Å². The summed E-state index contributed by atoms with van der Waals surface area (Å²) in [5, 5.41) is 20.7. The number of aliphatic hydroxyl groups excluding tert-OH is 1. The van der Waals surface area contributed by atoms with E-state index < -0.39 is 6.10 Å². The molecule has 0 unspecified atom stereocenters. The first-order valence-corrected chi connectivity index (χ1v) is 7.73. The Kier molecular flexibility index (Phi) is 5.09. The van der Waals surface area contributed by atoms with Crippen LogP contribution in [0.25, 0.3) is 0 Å². The van der Waals surface area contributed by atoms with Crippen LogP contribution in [0.2, 0.25) is 0 Å². The lowest BCUT2D eigenvalue weighted by atomic mass is 10.1. The van der Waals surface area contributed by atoms with Crippen LogP contribution in [0.3, 0.4) is 0 Å². The molecule has 3 rings (SSSR count). The Morgan fingerprint density at radius 1 is 1.48 bits per heavy atom. The lowest BCUT2D eigenvalue weighted by Gasteiger charge is -2.25. The van der Waals surface area contributed by atoms with Crippen LogP contribution in [-0.4, -0.2) is 47.2 Å². The van der Waals surface area contributed by atoms with Crippen molar-refractivity contribution in [3.63, 3.8) is 0 Å². The molecule has 0 fully saturated rings. The molecule has 1 aliphatic heterocycles. The highest BCUT2D eigenvalue weighted by molar-refractivity contribution is 5.35. The van der Waals surface area contributed by atoms with Crippen molar-refractivity contribution >= 4 is 5.82 Å². The van der Waals surface area contributed by atoms with Crippen LogP contribution in [-0.2, 0) is 6.54 Å². The predicted octanol–water partition coefficient (Wildman–Crippen LogP) is 1.09. The van der Waals surface area contributed by atoms with Gasteiger partial charge in [0.05, 0.1) is 6.20 Å². The van der Waals surface area contributed by atoms with Crippen LogP contribution in [0.4, 0.5) is 10.2 Å². The molecule has 1 aliphatic rings. The highest BCUT2D eigenvalue weighted by atomic mass is 19.1. The molecule has 2 heterocycles. The topological polar surface area (TPSA) is 71.3 Å². The van der Waals surface area contributed by atoms with E-state index in [1.807, 2.05) is 10.7 Å². The van der Waals surface area contributed by atoms with Crippen molar-refractivity contribution in [1.82, 2.24) is 15.1 Å². The second kappa shape index (κ2) is 7.43. The number of anilines is 1. The maximum absolute atomic E-state index is 13.0. The first kappa shape index (κ1) is 15.8. The van der Waals surface area contributed by atoms with Gasteiger partial charge in [0.2, 0.25) is 0 Å². The van der Waals surface area contributed by atoms with Gasteiger partial charge in [0, 0.05) is 44.2 Å². The number of fused-ring (bicyclic) bond motifs is 1. The highest BCUT2D eigenvalue weighted by Crippen LogP contribution is 2.15. The molecule has 6 nitrogen and oxygen atoms in total. The SMILES string of the molecule is O[C@H](CNC[C@@H]1CNc2ccnn2C1)COc1cccc(F)c1. The molecular weight excluding hydrogens is 299 g/mol. The standard InChI is InChI=1S/C16H21FN4O2/c17-13-2-1-3-15(6-13)23-11-14(22)9-18-7-12-8-19-16-4-5-20-21(16)10-12/h1-6,12,14,18-19,22H,7-11H2/t12-,14-/m1/s1. The summed E-state index contributed by atoms with van der Waals surface area (Å²) in [4.78, 5) is 0. The van der Waals surface area contributed by atoms with E-state index in [0.29, 0.717) is 18.2 Å². The molecule has 0 bridgehead atoms. The number of benzene rings is 1. The minimum atomic E-state index is -0.643. The maximum atomic E-state index is 13.0. The number of nitrogens with zero attached hydrogens (tertiary/aromatic N) is 2. The Hall–Kier alpha value is -2.12. The fourth-order valence-corrected chi connectivity index (χ4v) is 2.59. The van der Waals surface area contributed by atoms with Gasteiger partial charge in [-0.25, -0.2) is 9.07 Å². The maximum Gasteiger partial charge on any atom is 0.126 e. The van der Waals surface area contributed by atoms with Crippen LogP contribution in [0.5, 0.6) is 5.75 Å². The summed E-state index contributed by atoms with van der Waals surface area (Å²) in [5.41, 5.74) is 0. The van der Waals surface area contributed by atoms with E-state index in [9.17, 15) is 9.50 Å². The van der Waals surface area contributed by atoms with Crippen molar-refractivity contribution in [3.8, 4) is 5.75 Å². The number of aliphatic hydroxyl groups is 1. The Morgan fingerprint density at radius 2 is 2.39 bits per heavy atom. The van der Waals surface area contributed by atoms with Gasteiger partial charge in [-0.15, -0.1) is 0 Å². The predicted molar refractivity (Wildman–Crippen MR) is 85.0 cm³/mol. The van der Waals surface area contributed by atoms with Crippen LogP contribution in [0, 0.1) is 11.7 Å². The van der Waals surface area contributed by atoms with Crippen molar-refractivity contribution in [2.24, 2.45) is 5.92 Å². The summed E-state index contributed by atoms with van der Waals surface area (Å²) in [6.45, 7) is 3.08. The molecule has 124 valence electrons. The summed E-state index contributed by atoms with van der Waals surface area (Å²) in [5.74, 6) is 1.54. The van der Waals surface area contributed by atoms with Gasteiger partial charge >= 0.3 is 0 Å². The monoisotopic (exact) mass is 320 g/mol. The lowest BCUT2D eigenvalue weighted by molar-refractivity contribution is 0.105. The van der Waals surface area contributed by atoms with Crippen molar-refractivity contribution in [3.05, 3.63) is 42.3 Å². The third kappa shape index (κ3) is 4.43. The molecule has 0 saturated carbocycles. The number of rotatable bonds is 7. The Labute approximate surface area is 134 Å². The fraction of sp³-hybridized carbons (Fsp3) is 0.438. The number of ether oxygens (including phenoxy) is 1. The second-order valence-electron chi connectivity index (χ2n) is 5.73. The number of hydrogen-bond donors (Lipinski definition) is 3. The number of hydrogen-bond acceptors (Lipinski definition) is 5. The van der Waals surface area contributed by atoms with Crippen LogP contribution < -0.4 is 15.4 Å². The smallest absolute Gasteiger partial charge is 0.126 e. The summed E-state index contributed by atoms with van der Waals surface area (Å²) in [7, 11) is 0. The van der Waals surface area contributed by atoms with Crippen molar-refractivity contribution in [1.29, 1.82) is 0 Å². The third-order valence-corrected chi connectivity index (χ3v) is 3.77. The minimum absolute atomic E-state index is 0.128. The van der Waals surface area contributed by atoms with Gasteiger partial charge in [0.15, 0.2) is 0 Å². The summed E-state index contributed by atoms with van der Waals surface area (Å²) < 4.78 is 20.3. The zero-order valence-electron chi connectivity index (χ0n) is 12.8. The molecule has 1 aromatic heterocycles. The molecule has 0 amide bonds. The van der Waals surface area contributed by atoms with Gasteiger partial charge in [-0.3, -0.25) is 0 Å². The quantitative estimate of drug-likeness (QED) is 0.712. The van der Waals surface area contributed by atoms with Crippen LogP contribution in [0.1, 0.15) is 0 Å². The minimum Gasteiger partial charge on any atom is -0.491 e. The van der Waals surface area contributed by atoms with Gasteiger partial charge in [0.25, 0.3) is 0 Å². The lowest BCUT2D eigenvalue weighted by Crippen LogP contribution is -2.39. The molecule has 0 spiro atoms. The van der Waals surface area contributed by atoms with E-state index in [2.05, 4.69) is 15.7 Å². The largest absolute Gasteiger partial charge is 0.491 e. The third-order valence-electron chi connectivity index (χ3n) is 3.77. The van der Waals surface area contributed by atoms with Crippen LogP contribution in [0.15, 0.2) is 36.5 Å². The Balaban J connectivity index is 1.34. The van der Waals surface area contributed by atoms with Crippen molar-refractivity contribution in [2.45, 2.75) is 12.6 Å². The van der Waals surface area contributed by atoms with Gasteiger partial charge in [0.1, 0.15) is 30.1 Å². The summed E-state index contributed by atoms with van der Waals surface area (Å²) >= 11 is 0. The molecule has 2 aromatic rings. The average molecular weight is 320 g/mol. The summed E-state index contributed by atoms with van der Waals surface area (Å²) in [6, 6.07) is 7.86. The van der Waals surface area contributed by atoms with E-state index in [-0.39, 0.29) is 12.4 Å². The number of nitrogens with one attached hydrogen (secondary N) is 2. The molecule has 0 aliphatic carbocycles. The number of halogens is 1. The molecular formula is C16H21FN4O2. The van der Waals surface area contributed by atoms with Crippen molar-refractivity contribution < 1.29 is 14.2 Å². The van der Waals surface area contributed by atoms with E-state index in [1.54, 1.807) is 18.3 Å². The van der Waals surface area contributed by atoms with Gasteiger partial charge in [-0.05, 0) is 12.1 Å². The second-order valence-corrected chi connectivity index (χ2v) is 5.73. The zero-order valence-corrected chi connectivity index (χ0v) is 12.8. The highest BCUT2D eigenvalue weighted by Gasteiger charge is 2.18. The van der Waals surface area contributed by atoms with Crippen LogP contribution >= 0.6 is 0 Å². The Bertz CT molecular complexity index is 634. The molecule has 23 heavy (non-hydrogen) atoms. The number of aromatic nitrogens is 2. The first-order valence-electron chi connectivity index (χ1n) is 7.73. The normalized spacial score (nSPS) is 18.1. The van der Waals surface area contributed by atoms with Crippen molar-refractivity contribution in [2.75, 3.05) is 31.6 Å².